The first-order chi connectivity index (χ1) is 7.69. The Morgan fingerprint density at radius 1 is 1.19 bits per heavy atom. The van der Waals surface area contributed by atoms with Crippen molar-refractivity contribution in [3.05, 3.63) is 33.8 Å². The molecule has 1 saturated heterocycles. The summed E-state index contributed by atoms with van der Waals surface area (Å²) in [5.41, 5.74) is 0.859. The number of hydrogen-bond donors (Lipinski definition) is 1. The van der Waals surface area contributed by atoms with Gasteiger partial charge in [-0.1, -0.05) is 29.3 Å². The van der Waals surface area contributed by atoms with E-state index in [0.717, 1.165) is 41.7 Å². The summed E-state index contributed by atoms with van der Waals surface area (Å²) in [6.07, 6.45) is 1.79. The zero-order chi connectivity index (χ0) is 11.6. The van der Waals surface area contributed by atoms with Crippen LogP contribution >= 0.6 is 23.2 Å². The van der Waals surface area contributed by atoms with Gasteiger partial charge in [0.05, 0.1) is 5.54 Å². The lowest BCUT2D eigenvalue weighted by Crippen LogP contribution is -2.45. The molecule has 0 atom stereocenters. The van der Waals surface area contributed by atoms with E-state index in [9.17, 15) is 0 Å². The molecule has 1 aliphatic heterocycles. The van der Waals surface area contributed by atoms with E-state index in [1.165, 1.54) is 0 Å². The van der Waals surface area contributed by atoms with Gasteiger partial charge in [0.1, 0.15) is 0 Å². The Morgan fingerprint density at radius 3 is 2.25 bits per heavy atom. The maximum Gasteiger partial charge on any atom is 0.0506 e. The normalized spacial score (nSPS) is 19.7. The predicted molar refractivity (Wildman–Crippen MR) is 67.3 cm³/mol. The number of ether oxygens (including phenoxy) is 1. The molecular weight excluding hydrogens is 245 g/mol. The zero-order valence-corrected chi connectivity index (χ0v) is 10.7. The third kappa shape index (κ3) is 2.07. The van der Waals surface area contributed by atoms with Crippen molar-refractivity contribution in [1.29, 1.82) is 0 Å². The number of nitrogens with one attached hydrogen (secondary N) is 1. The molecule has 1 aromatic rings. The molecule has 1 fully saturated rings. The van der Waals surface area contributed by atoms with Crippen LogP contribution in [0, 0.1) is 0 Å². The van der Waals surface area contributed by atoms with Gasteiger partial charge in [0.2, 0.25) is 0 Å². The Balaban J connectivity index is 2.46. The third-order valence-electron chi connectivity index (χ3n) is 3.27. The smallest absolute Gasteiger partial charge is 0.0506 e. The highest BCUT2D eigenvalue weighted by Gasteiger charge is 2.36. The summed E-state index contributed by atoms with van der Waals surface area (Å²) < 4.78 is 5.40. The summed E-state index contributed by atoms with van der Waals surface area (Å²) in [7, 11) is 1.95. The summed E-state index contributed by atoms with van der Waals surface area (Å²) in [5, 5.41) is 4.82. The quantitative estimate of drug-likeness (QED) is 0.881. The first-order valence-electron chi connectivity index (χ1n) is 5.41. The van der Waals surface area contributed by atoms with Gasteiger partial charge >= 0.3 is 0 Å². The van der Waals surface area contributed by atoms with Crippen LogP contribution in [0.2, 0.25) is 10.0 Å². The standard InChI is InChI=1S/C12H15Cl2NO/c1-15-12(5-7-16-8-6-12)11-9(13)3-2-4-10(11)14/h2-4,15H,5-8H2,1H3. The lowest BCUT2D eigenvalue weighted by molar-refractivity contribution is 0.0399. The summed E-state index contributed by atoms with van der Waals surface area (Å²) in [6, 6.07) is 5.64. The van der Waals surface area contributed by atoms with Crippen molar-refractivity contribution in [1.82, 2.24) is 5.32 Å². The molecule has 1 N–H and O–H groups in total. The lowest BCUT2D eigenvalue weighted by Gasteiger charge is -2.38. The molecule has 0 radical (unpaired) electrons. The molecule has 2 rings (SSSR count). The maximum absolute atomic E-state index is 6.27. The van der Waals surface area contributed by atoms with E-state index in [4.69, 9.17) is 27.9 Å². The van der Waals surface area contributed by atoms with Gasteiger partial charge in [0, 0.05) is 28.8 Å². The van der Waals surface area contributed by atoms with Gasteiger partial charge in [-0.2, -0.15) is 0 Å². The van der Waals surface area contributed by atoms with Crippen LogP contribution in [0.25, 0.3) is 0 Å². The molecule has 1 heterocycles. The highest BCUT2D eigenvalue weighted by atomic mass is 35.5. The van der Waals surface area contributed by atoms with E-state index in [2.05, 4.69) is 5.32 Å². The summed E-state index contributed by atoms with van der Waals surface area (Å²) in [4.78, 5) is 0. The van der Waals surface area contributed by atoms with Crippen molar-refractivity contribution in [2.45, 2.75) is 18.4 Å². The van der Waals surface area contributed by atoms with E-state index in [1.807, 2.05) is 25.2 Å². The predicted octanol–water partition coefficient (Wildman–Crippen LogP) is 3.22. The Bertz CT molecular complexity index is 355. The van der Waals surface area contributed by atoms with Crippen molar-refractivity contribution < 1.29 is 4.74 Å². The fourth-order valence-corrected chi connectivity index (χ4v) is 3.06. The van der Waals surface area contributed by atoms with Gasteiger partial charge in [-0.25, -0.2) is 0 Å². The van der Waals surface area contributed by atoms with Gasteiger partial charge in [0.15, 0.2) is 0 Å². The second kappa shape index (κ2) is 4.92. The van der Waals surface area contributed by atoms with Crippen molar-refractivity contribution >= 4 is 23.2 Å². The molecule has 1 aliphatic rings. The zero-order valence-electron chi connectivity index (χ0n) is 9.22. The molecule has 0 amide bonds. The largest absolute Gasteiger partial charge is 0.381 e. The van der Waals surface area contributed by atoms with Gasteiger partial charge in [-0.15, -0.1) is 0 Å². The molecule has 0 spiro atoms. The molecule has 4 heteroatoms. The summed E-state index contributed by atoms with van der Waals surface area (Å²) >= 11 is 12.5. The van der Waals surface area contributed by atoms with Crippen LogP contribution in [0.4, 0.5) is 0 Å². The SMILES string of the molecule is CNC1(c2c(Cl)cccc2Cl)CCOCC1. The topological polar surface area (TPSA) is 21.3 Å². The van der Waals surface area contributed by atoms with Crippen LogP contribution in [0.5, 0.6) is 0 Å². The average Bonchev–Trinajstić information content (AvgIpc) is 2.30. The van der Waals surface area contributed by atoms with E-state index in [1.54, 1.807) is 0 Å². The van der Waals surface area contributed by atoms with Crippen molar-refractivity contribution in [3.63, 3.8) is 0 Å². The number of hydrogen-bond acceptors (Lipinski definition) is 2. The highest BCUT2D eigenvalue weighted by molar-refractivity contribution is 6.36. The average molecular weight is 260 g/mol. The van der Waals surface area contributed by atoms with Crippen molar-refractivity contribution in [2.75, 3.05) is 20.3 Å². The molecule has 0 aromatic heterocycles. The van der Waals surface area contributed by atoms with Crippen LogP contribution in [-0.2, 0) is 10.3 Å². The number of halogens is 2. The summed E-state index contributed by atoms with van der Waals surface area (Å²) in [6.45, 7) is 1.48. The molecular formula is C12H15Cl2NO. The molecule has 0 aliphatic carbocycles. The number of rotatable bonds is 2. The fourth-order valence-electron chi connectivity index (χ4n) is 2.30. The van der Waals surface area contributed by atoms with Crippen molar-refractivity contribution in [2.24, 2.45) is 0 Å². The second-order valence-corrected chi connectivity index (χ2v) is 4.86. The third-order valence-corrected chi connectivity index (χ3v) is 3.90. The van der Waals surface area contributed by atoms with E-state index in [-0.39, 0.29) is 5.54 Å². The molecule has 16 heavy (non-hydrogen) atoms. The molecule has 2 nitrogen and oxygen atoms in total. The van der Waals surface area contributed by atoms with Gasteiger partial charge < -0.3 is 10.1 Å². The molecule has 88 valence electrons. The lowest BCUT2D eigenvalue weighted by atomic mass is 9.83. The fraction of sp³-hybridized carbons (Fsp3) is 0.500. The highest BCUT2D eigenvalue weighted by Crippen LogP contribution is 2.40. The molecule has 0 bridgehead atoms. The number of benzene rings is 1. The van der Waals surface area contributed by atoms with Crippen LogP contribution in [0.1, 0.15) is 18.4 Å². The molecule has 0 saturated carbocycles. The monoisotopic (exact) mass is 259 g/mol. The maximum atomic E-state index is 6.27. The minimum Gasteiger partial charge on any atom is -0.381 e. The summed E-state index contributed by atoms with van der Waals surface area (Å²) in [5.74, 6) is 0. The van der Waals surface area contributed by atoms with Crippen LogP contribution in [-0.4, -0.2) is 20.3 Å². The first kappa shape index (κ1) is 12.2. The van der Waals surface area contributed by atoms with Gasteiger partial charge in [-0.3, -0.25) is 0 Å². The van der Waals surface area contributed by atoms with Gasteiger partial charge in [0.25, 0.3) is 0 Å². The van der Waals surface area contributed by atoms with Gasteiger partial charge in [-0.05, 0) is 32.0 Å². The van der Waals surface area contributed by atoms with E-state index < -0.39 is 0 Å². The minimum atomic E-state index is -0.145. The van der Waals surface area contributed by atoms with Crippen LogP contribution < -0.4 is 5.32 Å². The van der Waals surface area contributed by atoms with E-state index in [0.29, 0.717) is 0 Å². The van der Waals surface area contributed by atoms with Crippen LogP contribution in [0.15, 0.2) is 18.2 Å². The second-order valence-electron chi connectivity index (χ2n) is 4.04. The Labute approximate surface area is 106 Å². The molecule has 0 unspecified atom stereocenters. The van der Waals surface area contributed by atoms with Crippen LogP contribution in [0.3, 0.4) is 0 Å². The Hall–Kier alpha value is -0.280. The Kier molecular flexibility index (Phi) is 3.75. The minimum absolute atomic E-state index is 0.145. The Morgan fingerprint density at radius 2 is 1.75 bits per heavy atom. The molecule has 1 aromatic carbocycles. The first-order valence-corrected chi connectivity index (χ1v) is 6.16. The van der Waals surface area contributed by atoms with Crippen molar-refractivity contribution in [3.8, 4) is 0 Å². The van der Waals surface area contributed by atoms with E-state index >= 15 is 0 Å².